The Morgan fingerprint density at radius 3 is 2.21 bits per heavy atom. The van der Waals surface area contributed by atoms with Crippen LogP contribution < -0.4 is 10.6 Å². The van der Waals surface area contributed by atoms with E-state index in [-0.39, 0.29) is 5.97 Å². The molecule has 0 saturated heterocycles. The van der Waals surface area contributed by atoms with Gasteiger partial charge in [0.15, 0.2) is 0 Å². The Hall–Kier alpha value is -3.41. The molecular weight excluding hydrogens is 364 g/mol. The van der Waals surface area contributed by atoms with Gasteiger partial charge in [-0.15, -0.1) is 0 Å². The number of carbonyl (C=O) groups is 1. The first-order valence-electron chi connectivity index (χ1n) is 9.72. The highest BCUT2D eigenvalue weighted by molar-refractivity contribution is 5.89. The fraction of sp³-hybridized carbons (Fsp3) is 0.261. The van der Waals surface area contributed by atoms with Gasteiger partial charge in [-0.3, -0.25) is 0 Å². The summed E-state index contributed by atoms with van der Waals surface area (Å²) in [5.41, 5.74) is 5.73. The molecule has 150 valence electrons. The smallest absolute Gasteiger partial charge is 0.337 e. The highest BCUT2D eigenvalue weighted by atomic mass is 16.5. The summed E-state index contributed by atoms with van der Waals surface area (Å²) in [5, 5.41) is 6.69. The predicted octanol–water partition coefficient (Wildman–Crippen LogP) is 5.18. The summed E-state index contributed by atoms with van der Waals surface area (Å²) < 4.78 is 4.73. The van der Waals surface area contributed by atoms with Crippen molar-refractivity contribution in [1.82, 2.24) is 9.97 Å². The number of ether oxygens (including phenoxy) is 1. The van der Waals surface area contributed by atoms with Crippen LogP contribution in [0.4, 0.5) is 23.1 Å². The maximum absolute atomic E-state index is 11.6. The van der Waals surface area contributed by atoms with Crippen LogP contribution in [0, 0.1) is 6.92 Å². The molecule has 0 aliphatic carbocycles. The van der Waals surface area contributed by atoms with Crippen LogP contribution in [-0.2, 0) is 17.6 Å². The lowest BCUT2D eigenvalue weighted by molar-refractivity contribution is 0.0601. The van der Waals surface area contributed by atoms with Crippen molar-refractivity contribution in [3.8, 4) is 0 Å². The molecule has 1 heterocycles. The normalized spacial score (nSPS) is 10.5. The zero-order valence-corrected chi connectivity index (χ0v) is 17.2. The van der Waals surface area contributed by atoms with Gasteiger partial charge in [0, 0.05) is 23.1 Å². The van der Waals surface area contributed by atoms with E-state index in [0.717, 1.165) is 29.9 Å². The van der Waals surface area contributed by atoms with Gasteiger partial charge in [-0.05, 0) is 55.2 Å². The van der Waals surface area contributed by atoms with Gasteiger partial charge in [0.05, 0.1) is 12.7 Å². The molecule has 0 radical (unpaired) electrons. The van der Waals surface area contributed by atoms with Crippen molar-refractivity contribution < 1.29 is 9.53 Å². The van der Waals surface area contributed by atoms with Gasteiger partial charge >= 0.3 is 5.97 Å². The summed E-state index contributed by atoms with van der Waals surface area (Å²) in [6, 6.07) is 15.3. The van der Waals surface area contributed by atoms with Crippen LogP contribution in [0.1, 0.15) is 41.0 Å². The summed E-state index contributed by atoms with van der Waals surface area (Å²) in [7, 11) is 1.37. The molecule has 29 heavy (non-hydrogen) atoms. The monoisotopic (exact) mass is 390 g/mol. The number of methoxy groups -OCH3 is 1. The zero-order valence-electron chi connectivity index (χ0n) is 17.2. The summed E-state index contributed by atoms with van der Waals surface area (Å²) in [5.74, 6) is 0.870. The van der Waals surface area contributed by atoms with Gasteiger partial charge in [-0.25, -0.2) is 9.78 Å². The largest absolute Gasteiger partial charge is 0.465 e. The highest BCUT2D eigenvalue weighted by Crippen LogP contribution is 2.26. The summed E-state index contributed by atoms with van der Waals surface area (Å²) >= 11 is 0. The van der Waals surface area contributed by atoms with Crippen LogP contribution in [0.2, 0.25) is 0 Å². The predicted molar refractivity (Wildman–Crippen MR) is 116 cm³/mol. The standard InChI is InChI=1S/C23H26N4O2/c1-5-16-8-7-9-17(6-2)21(16)27-23-24-15(3)14-20(26-23)25-19-12-10-18(11-13-19)22(28)29-4/h7-14H,5-6H2,1-4H3,(H2,24,25,26,27). The van der Waals surface area contributed by atoms with E-state index in [4.69, 9.17) is 4.74 Å². The van der Waals surface area contributed by atoms with E-state index in [9.17, 15) is 4.79 Å². The minimum Gasteiger partial charge on any atom is -0.465 e. The van der Waals surface area contributed by atoms with Crippen molar-refractivity contribution in [2.24, 2.45) is 0 Å². The molecule has 6 nitrogen and oxygen atoms in total. The summed E-state index contributed by atoms with van der Waals surface area (Å²) in [6.07, 6.45) is 1.86. The van der Waals surface area contributed by atoms with Crippen molar-refractivity contribution in [2.75, 3.05) is 17.7 Å². The number of esters is 1. The van der Waals surface area contributed by atoms with Crippen LogP contribution in [0.5, 0.6) is 0 Å². The van der Waals surface area contributed by atoms with E-state index in [2.05, 4.69) is 52.6 Å². The molecule has 1 aromatic heterocycles. The maximum atomic E-state index is 11.6. The van der Waals surface area contributed by atoms with Crippen LogP contribution in [0.15, 0.2) is 48.5 Å². The third-order valence-corrected chi connectivity index (χ3v) is 4.67. The lowest BCUT2D eigenvalue weighted by atomic mass is 10.0. The third kappa shape index (κ3) is 4.90. The van der Waals surface area contributed by atoms with Crippen molar-refractivity contribution in [3.63, 3.8) is 0 Å². The van der Waals surface area contributed by atoms with Gasteiger partial charge in [-0.1, -0.05) is 32.0 Å². The van der Waals surface area contributed by atoms with Crippen LogP contribution in [0.3, 0.4) is 0 Å². The lowest BCUT2D eigenvalue weighted by Gasteiger charge is -2.15. The molecule has 0 amide bonds. The Kier molecular flexibility index (Phi) is 6.44. The van der Waals surface area contributed by atoms with Crippen molar-refractivity contribution >= 4 is 29.1 Å². The number of aromatic nitrogens is 2. The third-order valence-electron chi connectivity index (χ3n) is 4.67. The minimum absolute atomic E-state index is 0.359. The Morgan fingerprint density at radius 1 is 0.966 bits per heavy atom. The molecule has 0 atom stereocenters. The number of benzene rings is 2. The van der Waals surface area contributed by atoms with Crippen LogP contribution in [0.25, 0.3) is 0 Å². The number of rotatable bonds is 7. The molecule has 0 aliphatic rings. The average Bonchev–Trinajstić information content (AvgIpc) is 2.73. The zero-order chi connectivity index (χ0) is 20.8. The molecule has 0 fully saturated rings. The minimum atomic E-state index is -0.359. The van der Waals surface area contributed by atoms with Gasteiger partial charge in [0.2, 0.25) is 5.95 Å². The number of anilines is 4. The summed E-state index contributed by atoms with van der Waals surface area (Å²) in [4.78, 5) is 20.7. The average molecular weight is 390 g/mol. The number of hydrogen-bond donors (Lipinski definition) is 2. The highest BCUT2D eigenvalue weighted by Gasteiger charge is 2.10. The van der Waals surface area contributed by atoms with E-state index >= 15 is 0 Å². The number of nitrogens with zero attached hydrogens (tertiary/aromatic N) is 2. The van der Waals surface area contributed by atoms with Crippen molar-refractivity contribution in [1.29, 1.82) is 0 Å². The molecule has 0 spiro atoms. The molecule has 3 aromatic rings. The number of carbonyl (C=O) groups excluding carboxylic acids is 1. The van der Waals surface area contributed by atoms with Gasteiger partial charge in [0.1, 0.15) is 5.82 Å². The maximum Gasteiger partial charge on any atom is 0.337 e. The molecular formula is C23H26N4O2. The molecule has 0 aliphatic heterocycles. The fourth-order valence-corrected chi connectivity index (χ4v) is 3.16. The number of nitrogens with one attached hydrogen (secondary N) is 2. The van der Waals surface area contributed by atoms with Crippen molar-refractivity contribution in [3.05, 3.63) is 70.9 Å². The molecule has 0 unspecified atom stereocenters. The van der Waals surface area contributed by atoms with Crippen molar-refractivity contribution in [2.45, 2.75) is 33.6 Å². The van der Waals surface area contributed by atoms with Gasteiger partial charge < -0.3 is 15.4 Å². The fourth-order valence-electron chi connectivity index (χ4n) is 3.16. The van der Waals surface area contributed by atoms with E-state index in [1.165, 1.54) is 18.2 Å². The van der Waals surface area contributed by atoms with Crippen LogP contribution in [-0.4, -0.2) is 23.0 Å². The Bertz CT molecular complexity index is 978. The van der Waals surface area contributed by atoms with Crippen LogP contribution >= 0.6 is 0 Å². The first-order chi connectivity index (χ1) is 14.0. The van der Waals surface area contributed by atoms with E-state index < -0.39 is 0 Å². The quantitative estimate of drug-likeness (QED) is 0.541. The second kappa shape index (κ2) is 9.19. The second-order valence-electron chi connectivity index (χ2n) is 6.70. The van der Waals surface area contributed by atoms with E-state index in [1.54, 1.807) is 12.1 Å². The molecule has 0 bridgehead atoms. The lowest BCUT2D eigenvalue weighted by Crippen LogP contribution is -2.06. The SMILES string of the molecule is CCc1cccc(CC)c1Nc1nc(C)cc(Nc2ccc(C(=O)OC)cc2)n1. The van der Waals surface area contributed by atoms with Gasteiger partial charge in [-0.2, -0.15) is 4.98 Å². The molecule has 2 aromatic carbocycles. The Morgan fingerprint density at radius 2 is 1.62 bits per heavy atom. The topological polar surface area (TPSA) is 76.1 Å². The first-order valence-corrected chi connectivity index (χ1v) is 9.72. The van der Waals surface area contributed by atoms with E-state index in [0.29, 0.717) is 17.3 Å². The first kappa shape index (κ1) is 20.3. The molecule has 0 saturated carbocycles. The Balaban J connectivity index is 1.85. The number of hydrogen-bond acceptors (Lipinski definition) is 6. The molecule has 3 rings (SSSR count). The molecule has 2 N–H and O–H groups in total. The second-order valence-corrected chi connectivity index (χ2v) is 6.70. The number of aryl methyl sites for hydroxylation is 3. The Labute approximate surface area is 171 Å². The number of para-hydroxylation sites is 1. The summed E-state index contributed by atoms with van der Waals surface area (Å²) in [6.45, 7) is 6.22. The van der Waals surface area contributed by atoms with Gasteiger partial charge in [0.25, 0.3) is 0 Å². The molecule has 6 heteroatoms. The van der Waals surface area contributed by atoms with E-state index in [1.807, 2.05) is 25.1 Å².